The molecule has 1 saturated heterocycles. The van der Waals surface area contributed by atoms with Gasteiger partial charge in [-0.1, -0.05) is 30.9 Å². The van der Waals surface area contributed by atoms with Crippen molar-refractivity contribution < 1.29 is 8.42 Å². The molecule has 1 saturated carbocycles. The van der Waals surface area contributed by atoms with Crippen molar-refractivity contribution in [3.8, 4) is 0 Å². The largest absolute Gasteiger partial charge is 0.368 e. The van der Waals surface area contributed by atoms with Crippen LogP contribution in [0, 0.1) is 0 Å². The first-order valence-electron chi connectivity index (χ1n) is 8.66. The summed E-state index contributed by atoms with van der Waals surface area (Å²) < 4.78 is 28.9. The number of hydrogen-bond donors (Lipinski definition) is 1. The molecule has 0 spiro atoms. The fourth-order valence-corrected chi connectivity index (χ4v) is 5.31. The zero-order chi connectivity index (χ0) is 18.0. The van der Waals surface area contributed by atoms with Gasteiger partial charge >= 0.3 is 0 Å². The van der Waals surface area contributed by atoms with Crippen LogP contribution < -0.4 is 10.6 Å². The number of halogens is 1. The van der Waals surface area contributed by atoms with Gasteiger partial charge in [-0.25, -0.2) is 4.98 Å². The predicted octanol–water partition coefficient (Wildman–Crippen LogP) is 1.34. The van der Waals surface area contributed by atoms with Gasteiger partial charge in [0.25, 0.3) is 10.2 Å². The molecule has 0 aromatic carbocycles. The van der Waals surface area contributed by atoms with Crippen LogP contribution in [0.3, 0.4) is 0 Å². The van der Waals surface area contributed by atoms with Crippen LogP contribution in [0.25, 0.3) is 0 Å². The van der Waals surface area contributed by atoms with Crippen LogP contribution in [0.1, 0.15) is 32.1 Å². The number of hydrogen-bond acceptors (Lipinski definition) is 6. The van der Waals surface area contributed by atoms with Crippen molar-refractivity contribution >= 4 is 33.6 Å². The molecule has 140 valence electrons. The Morgan fingerprint density at radius 3 is 2.40 bits per heavy atom. The molecule has 0 unspecified atom stereocenters. The van der Waals surface area contributed by atoms with Crippen LogP contribution in [0.5, 0.6) is 0 Å². The summed E-state index contributed by atoms with van der Waals surface area (Å²) in [7, 11) is -1.72. The second kappa shape index (κ2) is 7.61. The van der Waals surface area contributed by atoms with Crippen LogP contribution in [0.2, 0.25) is 5.15 Å². The van der Waals surface area contributed by atoms with Gasteiger partial charge in [0.2, 0.25) is 5.95 Å². The Balaban J connectivity index is 1.64. The van der Waals surface area contributed by atoms with E-state index in [1.54, 1.807) is 21.7 Å². The summed E-state index contributed by atoms with van der Waals surface area (Å²) in [5.74, 6) is 0.754. The van der Waals surface area contributed by atoms with E-state index in [-0.39, 0.29) is 17.1 Å². The van der Waals surface area contributed by atoms with Gasteiger partial charge in [0.15, 0.2) is 0 Å². The third-order valence-electron chi connectivity index (χ3n) is 5.04. The first-order chi connectivity index (χ1) is 11.9. The van der Waals surface area contributed by atoms with Gasteiger partial charge < -0.3 is 10.6 Å². The first-order valence-corrected chi connectivity index (χ1v) is 10.4. The lowest BCUT2D eigenvalue weighted by Gasteiger charge is -2.39. The number of piperazine rings is 1. The van der Waals surface area contributed by atoms with Crippen molar-refractivity contribution in [2.24, 2.45) is 0 Å². The van der Waals surface area contributed by atoms with Gasteiger partial charge in [-0.2, -0.15) is 22.0 Å². The summed E-state index contributed by atoms with van der Waals surface area (Å²) in [6, 6.07) is 1.77. The molecule has 0 radical (unpaired) electrons. The zero-order valence-corrected chi connectivity index (χ0v) is 16.0. The minimum absolute atomic E-state index is 0.120. The Kier molecular flexibility index (Phi) is 5.67. The van der Waals surface area contributed by atoms with Crippen LogP contribution >= 0.6 is 11.6 Å². The smallest absolute Gasteiger partial charge is 0.282 e. The highest BCUT2D eigenvalue weighted by atomic mass is 35.5. The Morgan fingerprint density at radius 1 is 1.16 bits per heavy atom. The highest BCUT2D eigenvalue weighted by Gasteiger charge is 2.34. The predicted molar refractivity (Wildman–Crippen MR) is 98.8 cm³/mol. The van der Waals surface area contributed by atoms with E-state index in [0.29, 0.717) is 32.0 Å². The molecule has 0 bridgehead atoms. The van der Waals surface area contributed by atoms with Crippen molar-refractivity contribution in [2.45, 2.75) is 38.1 Å². The normalized spacial score (nSPS) is 21.0. The molecule has 3 rings (SSSR count). The molecule has 1 aliphatic heterocycles. The van der Waals surface area contributed by atoms with Crippen LogP contribution in [-0.2, 0) is 10.2 Å². The van der Waals surface area contributed by atoms with Crippen LogP contribution in [-0.4, -0.2) is 66.3 Å². The molecule has 1 aromatic heterocycles. The van der Waals surface area contributed by atoms with Gasteiger partial charge in [0, 0.05) is 45.3 Å². The second-order valence-electron chi connectivity index (χ2n) is 6.61. The summed E-state index contributed by atoms with van der Waals surface area (Å²) >= 11 is 5.93. The van der Waals surface area contributed by atoms with E-state index in [1.807, 2.05) is 4.90 Å². The molecule has 0 amide bonds. The Labute approximate surface area is 154 Å². The average Bonchev–Trinajstić information content (AvgIpc) is 2.61. The summed E-state index contributed by atoms with van der Waals surface area (Å²) in [6.07, 6.45) is 5.32. The lowest BCUT2D eigenvalue weighted by molar-refractivity contribution is 0.259. The Morgan fingerprint density at radius 2 is 1.80 bits per heavy atom. The average molecular weight is 389 g/mol. The van der Waals surface area contributed by atoms with E-state index in [0.717, 1.165) is 25.7 Å². The maximum atomic E-state index is 12.9. The molecule has 1 aliphatic carbocycles. The quantitative estimate of drug-likeness (QED) is 0.782. The maximum Gasteiger partial charge on any atom is 0.282 e. The van der Waals surface area contributed by atoms with Crippen molar-refractivity contribution in [3.63, 3.8) is 0 Å². The molecule has 10 heteroatoms. The van der Waals surface area contributed by atoms with E-state index in [2.05, 4.69) is 9.97 Å². The molecule has 1 aromatic rings. The summed E-state index contributed by atoms with van der Waals surface area (Å²) in [6.45, 7) is 1.93. The van der Waals surface area contributed by atoms with Gasteiger partial charge in [-0.05, 0) is 12.8 Å². The van der Waals surface area contributed by atoms with E-state index in [4.69, 9.17) is 17.3 Å². The summed E-state index contributed by atoms with van der Waals surface area (Å²) in [5.41, 5.74) is 5.64. The van der Waals surface area contributed by atoms with Crippen molar-refractivity contribution in [3.05, 3.63) is 11.2 Å². The molecular formula is C15H25ClN6O2S. The fraction of sp³-hybridized carbons (Fsp3) is 0.733. The third kappa shape index (κ3) is 4.16. The number of nitrogens with zero attached hydrogens (tertiary/aromatic N) is 5. The van der Waals surface area contributed by atoms with Gasteiger partial charge in [-0.15, -0.1) is 0 Å². The van der Waals surface area contributed by atoms with E-state index in [1.165, 1.54) is 6.42 Å². The molecule has 8 nitrogen and oxygen atoms in total. The Hall–Kier alpha value is -1.16. The number of nitrogens with two attached hydrogens (primary N) is 1. The van der Waals surface area contributed by atoms with E-state index >= 15 is 0 Å². The van der Waals surface area contributed by atoms with Crippen molar-refractivity contribution in [1.29, 1.82) is 0 Å². The first kappa shape index (κ1) is 18.6. The highest BCUT2D eigenvalue weighted by Crippen LogP contribution is 2.26. The molecular weight excluding hydrogens is 364 g/mol. The van der Waals surface area contributed by atoms with Crippen molar-refractivity contribution in [1.82, 2.24) is 18.6 Å². The molecule has 25 heavy (non-hydrogen) atoms. The van der Waals surface area contributed by atoms with E-state index in [9.17, 15) is 8.42 Å². The molecule has 2 N–H and O–H groups in total. The molecule has 2 fully saturated rings. The SMILES string of the molecule is CN(C1CCCCC1)S(=O)(=O)N1CCN(c2cc(Cl)nc(N)n2)CC1. The topological polar surface area (TPSA) is 95.7 Å². The number of anilines is 2. The van der Waals surface area contributed by atoms with Gasteiger partial charge in [-0.3, -0.25) is 0 Å². The highest BCUT2D eigenvalue weighted by molar-refractivity contribution is 7.86. The monoisotopic (exact) mass is 388 g/mol. The lowest BCUT2D eigenvalue weighted by atomic mass is 9.96. The standard InChI is InChI=1S/C15H25ClN6O2S/c1-20(12-5-3-2-4-6-12)25(23,24)22-9-7-21(8-10-22)14-11-13(16)18-15(17)19-14/h11-12H,2-10H2,1H3,(H2,17,18,19). The molecule has 0 atom stereocenters. The summed E-state index contributed by atoms with van der Waals surface area (Å²) in [5, 5.41) is 0.287. The van der Waals surface area contributed by atoms with E-state index < -0.39 is 10.2 Å². The number of nitrogen functional groups attached to an aromatic ring is 1. The maximum absolute atomic E-state index is 12.9. The summed E-state index contributed by atoms with van der Waals surface area (Å²) in [4.78, 5) is 10.0. The van der Waals surface area contributed by atoms with Gasteiger partial charge in [0.1, 0.15) is 11.0 Å². The van der Waals surface area contributed by atoms with Gasteiger partial charge in [0.05, 0.1) is 0 Å². The third-order valence-corrected chi connectivity index (χ3v) is 7.28. The fourth-order valence-electron chi connectivity index (χ4n) is 3.55. The second-order valence-corrected chi connectivity index (χ2v) is 8.98. The lowest BCUT2D eigenvalue weighted by Crippen LogP contribution is -2.54. The zero-order valence-electron chi connectivity index (χ0n) is 14.4. The van der Waals surface area contributed by atoms with Crippen LogP contribution in [0.15, 0.2) is 6.07 Å². The minimum Gasteiger partial charge on any atom is -0.368 e. The molecule has 2 aliphatic rings. The van der Waals surface area contributed by atoms with Crippen molar-refractivity contribution in [2.75, 3.05) is 43.9 Å². The number of rotatable bonds is 4. The molecule has 2 heterocycles. The Bertz CT molecular complexity index is 682. The number of aromatic nitrogens is 2. The van der Waals surface area contributed by atoms with Crippen LogP contribution in [0.4, 0.5) is 11.8 Å². The minimum atomic E-state index is -3.43.